The standard InChI is InChI=1S/C13H19NO2S/c1-13(2,17-3)11(14)12(15)16-9-10-7-5-4-6-8-10/h4-8,11H,9,14H2,1-3H3/t11-/m1/s1. The van der Waals surface area contributed by atoms with E-state index in [1.165, 1.54) is 0 Å². The molecular formula is C13H19NO2S. The van der Waals surface area contributed by atoms with E-state index >= 15 is 0 Å². The lowest BCUT2D eigenvalue weighted by molar-refractivity contribution is -0.147. The molecule has 1 aromatic rings. The number of carbonyl (C=O) groups excluding carboxylic acids is 1. The molecule has 2 N–H and O–H groups in total. The summed E-state index contributed by atoms with van der Waals surface area (Å²) >= 11 is 1.56. The van der Waals surface area contributed by atoms with E-state index in [1.54, 1.807) is 11.8 Å². The summed E-state index contributed by atoms with van der Waals surface area (Å²) < 4.78 is 4.89. The number of benzene rings is 1. The highest BCUT2D eigenvalue weighted by Crippen LogP contribution is 2.25. The van der Waals surface area contributed by atoms with Crippen molar-refractivity contribution >= 4 is 17.7 Å². The fraction of sp³-hybridized carbons (Fsp3) is 0.462. The molecule has 94 valence electrons. The molecule has 0 unspecified atom stereocenters. The van der Waals surface area contributed by atoms with Gasteiger partial charge >= 0.3 is 5.97 Å². The van der Waals surface area contributed by atoms with Crippen molar-refractivity contribution in [3.05, 3.63) is 35.9 Å². The molecule has 0 aliphatic carbocycles. The van der Waals surface area contributed by atoms with Crippen molar-refractivity contribution in [2.45, 2.75) is 31.2 Å². The Morgan fingerprint density at radius 3 is 2.53 bits per heavy atom. The van der Waals surface area contributed by atoms with Crippen molar-refractivity contribution in [3.8, 4) is 0 Å². The van der Waals surface area contributed by atoms with Crippen LogP contribution in [0.4, 0.5) is 0 Å². The van der Waals surface area contributed by atoms with Crippen molar-refractivity contribution in [2.24, 2.45) is 5.73 Å². The van der Waals surface area contributed by atoms with Crippen LogP contribution in [0.5, 0.6) is 0 Å². The third-order valence-corrected chi connectivity index (χ3v) is 4.06. The maximum Gasteiger partial charge on any atom is 0.324 e. The van der Waals surface area contributed by atoms with Gasteiger partial charge in [-0.3, -0.25) is 4.79 Å². The Kier molecular flexibility index (Phi) is 5.02. The summed E-state index contributed by atoms with van der Waals surface area (Å²) in [6.45, 7) is 4.15. The highest BCUT2D eigenvalue weighted by atomic mass is 32.2. The first-order valence-corrected chi connectivity index (χ1v) is 6.71. The number of nitrogens with two attached hydrogens (primary N) is 1. The van der Waals surface area contributed by atoms with Crippen molar-refractivity contribution in [3.63, 3.8) is 0 Å². The van der Waals surface area contributed by atoms with Crippen LogP contribution in [-0.2, 0) is 16.1 Å². The summed E-state index contributed by atoms with van der Waals surface area (Å²) in [7, 11) is 0. The Labute approximate surface area is 107 Å². The van der Waals surface area contributed by atoms with Crippen LogP contribution < -0.4 is 5.73 Å². The largest absolute Gasteiger partial charge is 0.460 e. The maximum atomic E-state index is 11.8. The van der Waals surface area contributed by atoms with E-state index in [0.717, 1.165) is 5.56 Å². The SMILES string of the molecule is CSC(C)(C)[C@H](N)C(=O)OCc1ccccc1. The van der Waals surface area contributed by atoms with Crippen LogP contribution in [0.2, 0.25) is 0 Å². The minimum Gasteiger partial charge on any atom is -0.460 e. The van der Waals surface area contributed by atoms with E-state index in [-0.39, 0.29) is 17.3 Å². The predicted molar refractivity (Wildman–Crippen MR) is 71.8 cm³/mol. The first-order chi connectivity index (χ1) is 7.97. The van der Waals surface area contributed by atoms with Crippen LogP contribution in [0.3, 0.4) is 0 Å². The molecule has 0 saturated heterocycles. The molecule has 0 fully saturated rings. The highest BCUT2D eigenvalue weighted by molar-refractivity contribution is 8.00. The van der Waals surface area contributed by atoms with Gasteiger partial charge in [0.15, 0.2) is 0 Å². The van der Waals surface area contributed by atoms with Gasteiger partial charge in [0.25, 0.3) is 0 Å². The number of hydrogen-bond acceptors (Lipinski definition) is 4. The molecule has 4 heteroatoms. The molecule has 0 radical (unpaired) electrons. The number of hydrogen-bond donors (Lipinski definition) is 1. The van der Waals surface area contributed by atoms with Crippen molar-refractivity contribution < 1.29 is 9.53 Å². The summed E-state index contributed by atoms with van der Waals surface area (Å²) in [6.07, 6.45) is 1.93. The van der Waals surface area contributed by atoms with Crippen molar-refractivity contribution in [1.82, 2.24) is 0 Å². The van der Waals surface area contributed by atoms with Gasteiger partial charge in [0.2, 0.25) is 0 Å². The average molecular weight is 253 g/mol. The Bertz CT molecular complexity index is 365. The average Bonchev–Trinajstić information content (AvgIpc) is 2.36. The lowest BCUT2D eigenvalue weighted by atomic mass is 10.0. The minimum atomic E-state index is -0.610. The van der Waals surface area contributed by atoms with Crippen LogP contribution in [0.15, 0.2) is 30.3 Å². The third-order valence-electron chi connectivity index (χ3n) is 2.75. The first kappa shape index (κ1) is 14.1. The third kappa shape index (κ3) is 4.06. The van der Waals surface area contributed by atoms with Crippen LogP contribution in [0.1, 0.15) is 19.4 Å². The number of ether oxygens (including phenoxy) is 1. The summed E-state index contributed by atoms with van der Waals surface area (Å²) in [5, 5.41) is 0. The predicted octanol–water partition coefficient (Wildman–Crippen LogP) is 2.20. The summed E-state index contributed by atoms with van der Waals surface area (Å²) in [5.41, 5.74) is 6.84. The van der Waals surface area contributed by atoms with Gasteiger partial charge in [-0.05, 0) is 25.7 Å². The van der Waals surface area contributed by atoms with Gasteiger partial charge in [0, 0.05) is 4.75 Å². The zero-order valence-corrected chi connectivity index (χ0v) is 11.3. The van der Waals surface area contributed by atoms with Gasteiger partial charge in [-0.2, -0.15) is 11.8 Å². The Hall–Kier alpha value is -1.00. The zero-order chi connectivity index (χ0) is 12.9. The Morgan fingerprint density at radius 2 is 2.00 bits per heavy atom. The molecule has 0 aromatic heterocycles. The molecule has 1 aromatic carbocycles. The van der Waals surface area contributed by atoms with Crippen LogP contribution >= 0.6 is 11.8 Å². The second kappa shape index (κ2) is 6.07. The summed E-state index contributed by atoms with van der Waals surface area (Å²) in [4.78, 5) is 11.8. The lowest BCUT2D eigenvalue weighted by Gasteiger charge is -2.27. The second-order valence-electron chi connectivity index (χ2n) is 4.38. The van der Waals surface area contributed by atoms with E-state index in [9.17, 15) is 4.79 Å². The van der Waals surface area contributed by atoms with Crippen LogP contribution in [0.25, 0.3) is 0 Å². The van der Waals surface area contributed by atoms with Gasteiger partial charge in [-0.1, -0.05) is 30.3 Å². The van der Waals surface area contributed by atoms with Crippen molar-refractivity contribution in [1.29, 1.82) is 0 Å². The molecule has 0 aliphatic heterocycles. The van der Waals surface area contributed by atoms with Crippen LogP contribution in [0, 0.1) is 0 Å². The van der Waals surface area contributed by atoms with Gasteiger partial charge < -0.3 is 10.5 Å². The normalized spacial score (nSPS) is 13.2. The fourth-order valence-corrected chi connectivity index (χ4v) is 1.58. The number of thioether (sulfide) groups is 1. The van der Waals surface area contributed by atoms with Crippen LogP contribution in [-0.4, -0.2) is 23.0 Å². The summed E-state index contributed by atoms with van der Waals surface area (Å²) in [5.74, 6) is -0.354. The molecular weight excluding hydrogens is 234 g/mol. The molecule has 0 saturated carbocycles. The molecule has 0 bridgehead atoms. The molecule has 1 rings (SSSR count). The molecule has 0 spiro atoms. The van der Waals surface area contributed by atoms with E-state index in [0.29, 0.717) is 0 Å². The quantitative estimate of drug-likeness (QED) is 0.817. The van der Waals surface area contributed by atoms with Gasteiger partial charge in [0.05, 0.1) is 0 Å². The van der Waals surface area contributed by atoms with E-state index < -0.39 is 6.04 Å². The minimum absolute atomic E-state index is 0.276. The van der Waals surface area contributed by atoms with E-state index in [4.69, 9.17) is 10.5 Å². The monoisotopic (exact) mass is 253 g/mol. The zero-order valence-electron chi connectivity index (χ0n) is 10.5. The molecule has 0 amide bonds. The maximum absolute atomic E-state index is 11.8. The van der Waals surface area contributed by atoms with Gasteiger partial charge in [-0.15, -0.1) is 0 Å². The lowest BCUT2D eigenvalue weighted by Crippen LogP contribution is -2.47. The summed E-state index contributed by atoms with van der Waals surface area (Å²) in [6, 6.07) is 8.97. The molecule has 1 atom stereocenters. The Balaban J connectivity index is 2.51. The molecule has 0 aliphatic rings. The highest BCUT2D eigenvalue weighted by Gasteiger charge is 2.32. The van der Waals surface area contributed by atoms with E-state index in [1.807, 2.05) is 50.4 Å². The second-order valence-corrected chi connectivity index (χ2v) is 5.84. The fourth-order valence-electron chi connectivity index (χ4n) is 1.23. The van der Waals surface area contributed by atoms with Crippen molar-refractivity contribution in [2.75, 3.05) is 6.26 Å². The number of esters is 1. The van der Waals surface area contributed by atoms with E-state index in [2.05, 4.69) is 0 Å². The smallest absolute Gasteiger partial charge is 0.324 e. The van der Waals surface area contributed by atoms with Gasteiger partial charge in [-0.25, -0.2) is 0 Å². The topological polar surface area (TPSA) is 52.3 Å². The first-order valence-electron chi connectivity index (χ1n) is 5.48. The number of rotatable bonds is 5. The molecule has 0 heterocycles. The number of carbonyl (C=O) groups is 1. The Morgan fingerprint density at radius 1 is 1.41 bits per heavy atom. The van der Waals surface area contributed by atoms with Gasteiger partial charge in [0.1, 0.15) is 12.6 Å². The molecule has 17 heavy (non-hydrogen) atoms. The molecule has 3 nitrogen and oxygen atoms in total.